The number of hydrogen-bond acceptors (Lipinski definition) is 7. The second-order valence-electron chi connectivity index (χ2n) is 9.70. The van der Waals surface area contributed by atoms with Crippen molar-refractivity contribution in [2.24, 2.45) is 0 Å². The molecule has 0 amide bonds. The van der Waals surface area contributed by atoms with Crippen LogP contribution in [-0.2, 0) is 5.54 Å². The van der Waals surface area contributed by atoms with Crippen molar-refractivity contribution in [1.82, 2.24) is 25.1 Å². The summed E-state index contributed by atoms with van der Waals surface area (Å²) in [5.74, 6) is 1.80. The van der Waals surface area contributed by atoms with E-state index in [1.165, 1.54) is 11.3 Å². The second-order valence-corrected chi connectivity index (χ2v) is 9.70. The van der Waals surface area contributed by atoms with Crippen LogP contribution in [-0.4, -0.2) is 72.5 Å². The lowest BCUT2D eigenvalue weighted by Gasteiger charge is -2.40. The summed E-state index contributed by atoms with van der Waals surface area (Å²) in [6.45, 7) is 10.0. The van der Waals surface area contributed by atoms with Crippen LogP contribution in [0.4, 0.5) is 11.4 Å². The number of nitrogens with zero attached hydrogens (tertiary/aromatic N) is 7. The van der Waals surface area contributed by atoms with Gasteiger partial charge in [0.1, 0.15) is 5.75 Å². The van der Waals surface area contributed by atoms with Gasteiger partial charge in [-0.1, -0.05) is 24.3 Å². The summed E-state index contributed by atoms with van der Waals surface area (Å²) < 4.78 is 7.56. The molecule has 0 radical (unpaired) electrons. The van der Waals surface area contributed by atoms with E-state index < -0.39 is 0 Å². The molecule has 0 saturated carbocycles. The van der Waals surface area contributed by atoms with E-state index in [9.17, 15) is 0 Å². The number of anilines is 2. The molecule has 1 saturated heterocycles. The van der Waals surface area contributed by atoms with Gasteiger partial charge in [-0.15, -0.1) is 5.10 Å². The number of methoxy groups -OCH3 is 1. The third-order valence-electron chi connectivity index (χ3n) is 6.20. The van der Waals surface area contributed by atoms with E-state index in [4.69, 9.17) is 4.74 Å². The molecule has 0 bridgehead atoms. The number of tetrazole rings is 1. The molecule has 1 aliphatic heterocycles. The van der Waals surface area contributed by atoms with Crippen molar-refractivity contribution in [1.29, 1.82) is 0 Å². The fraction of sp³-hybridized carbons (Fsp3) is 0.480. The average molecular weight is 450 g/mol. The van der Waals surface area contributed by atoms with Crippen molar-refractivity contribution in [3.63, 3.8) is 0 Å². The summed E-state index contributed by atoms with van der Waals surface area (Å²) in [7, 11) is 5.85. The van der Waals surface area contributed by atoms with Crippen molar-refractivity contribution >= 4 is 11.4 Å². The number of para-hydroxylation sites is 2. The molecule has 8 nitrogen and oxygen atoms in total. The molecule has 1 atom stereocenters. The molecule has 1 fully saturated rings. The molecule has 0 spiro atoms. The fourth-order valence-electron chi connectivity index (χ4n) is 4.43. The van der Waals surface area contributed by atoms with E-state index >= 15 is 0 Å². The highest BCUT2D eigenvalue weighted by atomic mass is 16.5. The molecule has 33 heavy (non-hydrogen) atoms. The van der Waals surface area contributed by atoms with Crippen molar-refractivity contribution in [2.75, 3.05) is 57.2 Å². The molecule has 4 rings (SSSR count). The molecule has 176 valence electrons. The first-order chi connectivity index (χ1) is 15.8. The Kier molecular flexibility index (Phi) is 6.56. The minimum Gasteiger partial charge on any atom is -0.495 e. The topological polar surface area (TPSA) is 62.6 Å². The van der Waals surface area contributed by atoms with Gasteiger partial charge in [0.05, 0.1) is 24.4 Å². The molecule has 2 heterocycles. The minimum atomic E-state index is -0.208. The highest BCUT2D eigenvalue weighted by Crippen LogP contribution is 2.34. The molecule has 3 aromatic rings. The zero-order valence-corrected chi connectivity index (χ0v) is 20.6. The number of aromatic nitrogens is 4. The Hall–Kier alpha value is -3.13. The molecule has 0 aliphatic carbocycles. The van der Waals surface area contributed by atoms with Crippen LogP contribution in [0.3, 0.4) is 0 Å². The Labute approximate surface area is 196 Å². The highest BCUT2D eigenvalue weighted by molar-refractivity contribution is 5.58. The molecule has 8 heteroatoms. The van der Waals surface area contributed by atoms with Crippen molar-refractivity contribution in [3.8, 4) is 5.75 Å². The van der Waals surface area contributed by atoms with E-state index in [1.54, 1.807) is 7.11 Å². The lowest BCUT2D eigenvalue weighted by molar-refractivity contribution is 0.191. The van der Waals surface area contributed by atoms with Gasteiger partial charge in [0, 0.05) is 46.0 Å². The number of benzene rings is 2. The maximum atomic E-state index is 5.60. The first kappa shape index (κ1) is 23.0. The smallest absolute Gasteiger partial charge is 0.173 e. The standard InChI is InChI=1S/C25H35N7O/c1-25(2,3)32-24(26-27-28-32)23(19-11-13-20(14-12-19)29(4)5)31-17-15-30(16-18-31)21-9-7-8-10-22(21)33-6/h7-14,23H,15-18H2,1-6H3/t23-/m0/s1. The van der Waals surface area contributed by atoms with Crippen LogP contribution < -0.4 is 14.5 Å². The largest absolute Gasteiger partial charge is 0.495 e. The highest BCUT2D eigenvalue weighted by Gasteiger charge is 2.33. The Morgan fingerprint density at radius 1 is 0.939 bits per heavy atom. The Morgan fingerprint density at radius 2 is 1.61 bits per heavy atom. The summed E-state index contributed by atoms with van der Waals surface area (Å²) in [6.07, 6.45) is 0. The zero-order valence-electron chi connectivity index (χ0n) is 20.6. The van der Waals surface area contributed by atoms with E-state index in [1.807, 2.05) is 16.8 Å². The Balaban J connectivity index is 1.64. The molecular formula is C25H35N7O. The summed E-state index contributed by atoms with van der Waals surface area (Å²) >= 11 is 0. The van der Waals surface area contributed by atoms with Crippen LogP contribution in [0.15, 0.2) is 48.5 Å². The molecule has 1 aliphatic rings. The van der Waals surface area contributed by atoms with Gasteiger partial charge in [-0.3, -0.25) is 4.90 Å². The van der Waals surface area contributed by atoms with Crippen LogP contribution in [0, 0.1) is 0 Å². The van der Waals surface area contributed by atoms with Gasteiger partial charge >= 0.3 is 0 Å². The van der Waals surface area contributed by atoms with Gasteiger partial charge in [0.25, 0.3) is 0 Å². The van der Waals surface area contributed by atoms with E-state index in [2.05, 4.69) is 101 Å². The monoisotopic (exact) mass is 449 g/mol. The summed E-state index contributed by atoms with van der Waals surface area (Å²) in [5.41, 5.74) is 3.31. The van der Waals surface area contributed by atoms with Crippen LogP contribution >= 0.6 is 0 Å². The molecule has 1 aromatic heterocycles. The lowest BCUT2D eigenvalue weighted by atomic mass is 10.0. The summed E-state index contributed by atoms with van der Waals surface area (Å²) in [4.78, 5) is 7.00. The predicted octanol–water partition coefficient (Wildman–Crippen LogP) is 3.41. The van der Waals surface area contributed by atoms with Crippen LogP contribution in [0.2, 0.25) is 0 Å². The van der Waals surface area contributed by atoms with Crippen molar-refractivity contribution in [2.45, 2.75) is 32.4 Å². The van der Waals surface area contributed by atoms with Gasteiger partial charge in [-0.25, -0.2) is 4.68 Å². The SMILES string of the molecule is COc1ccccc1N1CCN([C@@H](c2ccc(N(C)C)cc2)c2nnnn2C(C)(C)C)CC1. The van der Waals surface area contributed by atoms with Gasteiger partial charge < -0.3 is 14.5 Å². The van der Waals surface area contributed by atoms with Crippen molar-refractivity contribution in [3.05, 3.63) is 59.9 Å². The van der Waals surface area contributed by atoms with Gasteiger partial charge in [0.2, 0.25) is 0 Å². The molecule has 2 aromatic carbocycles. The quantitative estimate of drug-likeness (QED) is 0.571. The second kappa shape index (κ2) is 9.39. The maximum absolute atomic E-state index is 5.60. The van der Waals surface area contributed by atoms with Crippen LogP contribution in [0.1, 0.15) is 38.2 Å². The van der Waals surface area contributed by atoms with E-state index in [0.717, 1.165) is 43.4 Å². The van der Waals surface area contributed by atoms with E-state index in [-0.39, 0.29) is 11.6 Å². The fourth-order valence-corrected chi connectivity index (χ4v) is 4.43. The first-order valence-electron chi connectivity index (χ1n) is 11.5. The average Bonchev–Trinajstić information content (AvgIpc) is 3.30. The molecule has 0 unspecified atom stereocenters. The normalized spacial score (nSPS) is 16.0. The summed E-state index contributed by atoms with van der Waals surface area (Å²) in [6, 6.07) is 16.9. The summed E-state index contributed by atoms with van der Waals surface area (Å²) in [5, 5.41) is 12.9. The maximum Gasteiger partial charge on any atom is 0.173 e. The Bertz CT molecular complexity index is 1050. The number of piperazine rings is 1. The van der Waals surface area contributed by atoms with Crippen LogP contribution in [0.5, 0.6) is 5.75 Å². The first-order valence-corrected chi connectivity index (χ1v) is 11.5. The molecular weight excluding hydrogens is 414 g/mol. The minimum absolute atomic E-state index is 0.0183. The number of rotatable bonds is 6. The Morgan fingerprint density at radius 3 is 2.21 bits per heavy atom. The number of ether oxygens (including phenoxy) is 1. The third kappa shape index (κ3) is 4.80. The number of hydrogen-bond donors (Lipinski definition) is 0. The van der Waals surface area contributed by atoms with Gasteiger partial charge in [-0.2, -0.15) is 0 Å². The third-order valence-corrected chi connectivity index (χ3v) is 6.20. The van der Waals surface area contributed by atoms with Gasteiger partial charge in [0.15, 0.2) is 5.82 Å². The zero-order chi connectivity index (χ0) is 23.6. The van der Waals surface area contributed by atoms with Crippen molar-refractivity contribution < 1.29 is 4.74 Å². The molecule has 0 N–H and O–H groups in total. The van der Waals surface area contributed by atoms with Crippen LogP contribution in [0.25, 0.3) is 0 Å². The predicted molar refractivity (Wildman–Crippen MR) is 132 cm³/mol. The lowest BCUT2D eigenvalue weighted by Crippen LogP contribution is -2.48. The van der Waals surface area contributed by atoms with E-state index in [0.29, 0.717) is 0 Å². The van der Waals surface area contributed by atoms with Gasteiger partial charge in [-0.05, 0) is 61.0 Å².